The van der Waals surface area contributed by atoms with Crippen LogP contribution < -0.4 is 10.5 Å². The van der Waals surface area contributed by atoms with Crippen LogP contribution in [0.2, 0.25) is 5.02 Å². The summed E-state index contributed by atoms with van der Waals surface area (Å²) in [5, 5.41) is 8.22. The van der Waals surface area contributed by atoms with Crippen molar-refractivity contribution < 1.29 is 18.0 Å². The summed E-state index contributed by atoms with van der Waals surface area (Å²) in [4.78, 5) is 25.7. The van der Waals surface area contributed by atoms with Crippen molar-refractivity contribution >= 4 is 39.1 Å². The van der Waals surface area contributed by atoms with Crippen LogP contribution in [0.15, 0.2) is 47.4 Å². The summed E-state index contributed by atoms with van der Waals surface area (Å²) in [6.07, 6.45) is 0. The fraction of sp³-hybridized carbons (Fsp3) is 0.176. The molecular formula is C17H18ClN3O4S. The van der Waals surface area contributed by atoms with Crippen LogP contribution in [0.5, 0.6) is 0 Å². The number of aryl methyl sites for hydroxylation is 1. The number of nitrogens with one attached hydrogen (secondary N) is 1. The van der Waals surface area contributed by atoms with Gasteiger partial charge in [0.2, 0.25) is 15.9 Å². The van der Waals surface area contributed by atoms with Crippen LogP contribution in [0.25, 0.3) is 0 Å². The Hall–Kier alpha value is -2.42. The van der Waals surface area contributed by atoms with Crippen molar-refractivity contribution in [2.45, 2.75) is 11.8 Å². The van der Waals surface area contributed by atoms with Gasteiger partial charge in [0.05, 0.1) is 11.4 Å². The summed E-state index contributed by atoms with van der Waals surface area (Å²) in [6, 6.07) is 10.6. The molecule has 0 heterocycles. The molecule has 0 spiro atoms. The zero-order chi connectivity index (χ0) is 19.5. The van der Waals surface area contributed by atoms with Crippen LogP contribution in [0, 0.1) is 6.92 Å². The van der Waals surface area contributed by atoms with Crippen molar-refractivity contribution in [1.82, 2.24) is 4.90 Å². The third-order valence-corrected chi connectivity index (χ3v) is 4.75. The number of nitrogens with two attached hydrogens (primary N) is 1. The molecule has 0 radical (unpaired) electrons. The second kappa shape index (κ2) is 7.86. The van der Waals surface area contributed by atoms with Crippen LogP contribution in [-0.2, 0) is 14.8 Å². The van der Waals surface area contributed by atoms with Gasteiger partial charge < -0.3 is 10.2 Å². The third-order valence-electron chi connectivity index (χ3n) is 3.60. The highest BCUT2D eigenvalue weighted by Gasteiger charge is 2.19. The molecule has 0 atom stereocenters. The fourth-order valence-corrected chi connectivity index (χ4v) is 3.00. The average molecular weight is 396 g/mol. The lowest BCUT2D eigenvalue weighted by molar-refractivity contribution is -0.116. The van der Waals surface area contributed by atoms with Crippen LogP contribution in [0.4, 0.5) is 5.69 Å². The number of hydrogen-bond acceptors (Lipinski definition) is 4. The van der Waals surface area contributed by atoms with Crippen molar-refractivity contribution in [2.24, 2.45) is 5.14 Å². The number of hydrogen-bond donors (Lipinski definition) is 2. The molecule has 2 rings (SSSR count). The zero-order valence-electron chi connectivity index (χ0n) is 14.2. The maximum absolute atomic E-state index is 12.6. The average Bonchev–Trinajstić information content (AvgIpc) is 2.53. The molecule has 2 aromatic carbocycles. The molecule has 0 aliphatic carbocycles. The highest BCUT2D eigenvalue weighted by molar-refractivity contribution is 7.89. The minimum absolute atomic E-state index is 0.162. The van der Waals surface area contributed by atoms with Gasteiger partial charge >= 0.3 is 0 Å². The van der Waals surface area contributed by atoms with Gasteiger partial charge in [0.1, 0.15) is 0 Å². The number of sulfonamides is 1. The molecule has 0 aliphatic heterocycles. The van der Waals surface area contributed by atoms with E-state index >= 15 is 0 Å². The van der Waals surface area contributed by atoms with E-state index in [0.29, 0.717) is 16.3 Å². The SMILES string of the molecule is Cc1ccc(S(N)(=O)=O)cc1C(=O)N(C)CC(=O)Nc1cccc(Cl)c1. The Morgan fingerprint density at radius 1 is 1.19 bits per heavy atom. The van der Waals surface area contributed by atoms with E-state index in [2.05, 4.69) is 5.32 Å². The first-order chi connectivity index (χ1) is 12.1. The number of primary sulfonamides is 1. The van der Waals surface area contributed by atoms with Crippen molar-refractivity contribution in [3.63, 3.8) is 0 Å². The number of benzene rings is 2. The van der Waals surface area contributed by atoms with Gasteiger partial charge in [-0.15, -0.1) is 0 Å². The van der Waals surface area contributed by atoms with Gasteiger partial charge in [-0.05, 0) is 42.8 Å². The lowest BCUT2D eigenvalue weighted by atomic mass is 10.1. The number of anilines is 1. The molecule has 0 unspecified atom stereocenters. The van der Waals surface area contributed by atoms with E-state index in [1.807, 2.05) is 0 Å². The lowest BCUT2D eigenvalue weighted by Crippen LogP contribution is -2.35. The van der Waals surface area contributed by atoms with E-state index in [1.54, 1.807) is 31.2 Å². The monoisotopic (exact) mass is 395 g/mol. The number of carbonyl (C=O) groups excluding carboxylic acids is 2. The molecule has 7 nitrogen and oxygen atoms in total. The van der Waals surface area contributed by atoms with Crippen LogP contribution in [-0.4, -0.2) is 38.7 Å². The topological polar surface area (TPSA) is 110 Å². The van der Waals surface area contributed by atoms with Gasteiger partial charge in [-0.2, -0.15) is 0 Å². The maximum atomic E-state index is 12.6. The minimum Gasteiger partial charge on any atom is -0.332 e. The largest absolute Gasteiger partial charge is 0.332 e. The Kier molecular flexibility index (Phi) is 6.01. The predicted octanol–water partition coefficient (Wildman–Crippen LogP) is 2.01. The van der Waals surface area contributed by atoms with Gasteiger partial charge in [0.25, 0.3) is 5.91 Å². The van der Waals surface area contributed by atoms with Crippen molar-refractivity contribution in [1.29, 1.82) is 0 Å². The Labute approximate surface area is 156 Å². The number of nitrogens with zero attached hydrogens (tertiary/aromatic N) is 1. The molecule has 2 aromatic rings. The summed E-state index contributed by atoms with van der Waals surface area (Å²) in [5.41, 5.74) is 1.25. The summed E-state index contributed by atoms with van der Waals surface area (Å²) in [7, 11) is -2.48. The molecule has 0 aromatic heterocycles. The Bertz CT molecular complexity index is 960. The molecule has 0 aliphatic rings. The van der Waals surface area contributed by atoms with Crippen LogP contribution in [0.3, 0.4) is 0 Å². The highest BCUT2D eigenvalue weighted by atomic mass is 35.5. The Morgan fingerprint density at radius 3 is 2.50 bits per heavy atom. The standard InChI is InChI=1S/C17H18ClN3O4S/c1-11-6-7-14(26(19,24)25)9-15(11)17(23)21(2)10-16(22)20-13-5-3-4-12(18)8-13/h3-9H,10H2,1-2H3,(H,20,22)(H2,19,24,25). The maximum Gasteiger partial charge on any atom is 0.254 e. The molecule has 0 fully saturated rings. The van der Waals surface area contributed by atoms with Gasteiger partial charge in [0, 0.05) is 23.3 Å². The second-order valence-corrected chi connectivity index (χ2v) is 7.74. The quantitative estimate of drug-likeness (QED) is 0.806. The van der Waals surface area contributed by atoms with Crippen molar-refractivity contribution in [3.8, 4) is 0 Å². The van der Waals surface area contributed by atoms with Crippen LogP contribution >= 0.6 is 11.6 Å². The van der Waals surface area contributed by atoms with Crippen molar-refractivity contribution in [2.75, 3.05) is 18.9 Å². The molecule has 0 bridgehead atoms. The van der Waals surface area contributed by atoms with E-state index in [1.165, 1.54) is 30.1 Å². The first-order valence-corrected chi connectivity index (χ1v) is 9.44. The van der Waals surface area contributed by atoms with Gasteiger partial charge in [-0.1, -0.05) is 23.7 Å². The Balaban J connectivity index is 2.13. The zero-order valence-corrected chi connectivity index (χ0v) is 15.8. The molecular weight excluding hydrogens is 378 g/mol. The second-order valence-electron chi connectivity index (χ2n) is 5.74. The minimum atomic E-state index is -3.93. The first kappa shape index (κ1) is 19.9. The van der Waals surface area contributed by atoms with Gasteiger partial charge in [-0.25, -0.2) is 13.6 Å². The van der Waals surface area contributed by atoms with E-state index in [-0.39, 0.29) is 17.0 Å². The molecule has 26 heavy (non-hydrogen) atoms. The normalized spacial score (nSPS) is 11.1. The van der Waals surface area contributed by atoms with E-state index < -0.39 is 21.8 Å². The number of amides is 2. The lowest BCUT2D eigenvalue weighted by Gasteiger charge is -2.18. The summed E-state index contributed by atoms with van der Waals surface area (Å²) in [6.45, 7) is 1.45. The first-order valence-electron chi connectivity index (χ1n) is 7.52. The van der Waals surface area contributed by atoms with Crippen LogP contribution in [0.1, 0.15) is 15.9 Å². The predicted molar refractivity (Wildman–Crippen MR) is 99.6 cm³/mol. The summed E-state index contributed by atoms with van der Waals surface area (Å²) >= 11 is 5.86. The molecule has 3 N–H and O–H groups in total. The number of halogens is 1. The highest BCUT2D eigenvalue weighted by Crippen LogP contribution is 2.17. The fourth-order valence-electron chi connectivity index (χ4n) is 2.27. The van der Waals surface area contributed by atoms with E-state index in [9.17, 15) is 18.0 Å². The summed E-state index contributed by atoms with van der Waals surface area (Å²) < 4.78 is 23.0. The molecule has 9 heteroatoms. The third kappa shape index (κ3) is 5.04. The molecule has 0 saturated carbocycles. The Morgan fingerprint density at radius 2 is 1.88 bits per heavy atom. The van der Waals surface area contributed by atoms with Gasteiger partial charge in [0.15, 0.2) is 0 Å². The number of rotatable bonds is 5. The van der Waals surface area contributed by atoms with E-state index in [4.69, 9.17) is 16.7 Å². The smallest absolute Gasteiger partial charge is 0.254 e. The number of likely N-dealkylation sites (N-methyl/N-ethyl adjacent to an activating group) is 1. The number of carbonyl (C=O) groups is 2. The molecule has 2 amide bonds. The van der Waals surface area contributed by atoms with E-state index in [0.717, 1.165) is 0 Å². The van der Waals surface area contributed by atoms with Gasteiger partial charge in [-0.3, -0.25) is 9.59 Å². The van der Waals surface area contributed by atoms with Crippen molar-refractivity contribution in [3.05, 3.63) is 58.6 Å². The molecule has 138 valence electrons. The summed E-state index contributed by atoms with van der Waals surface area (Å²) in [5.74, 6) is -0.905. The molecule has 0 saturated heterocycles.